The summed E-state index contributed by atoms with van der Waals surface area (Å²) in [5, 5.41) is 3.11. The number of rotatable bonds is 4. The third kappa shape index (κ3) is 3.60. The molecule has 1 heterocycles. The SMILES string of the molecule is CNCC(C)C(=O)N1CCCCCC1c1ccccc1. The van der Waals surface area contributed by atoms with Gasteiger partial charge in [-0.15, -0.1) is 0 Å². The zero-order chi connectivity index (χ0) is 14.4. The summed E-state index contributed by atoms with van der Waals surface area (Å²) >= 11 is 0. The first-order chi connectivity index (χ1) is 9.74. The number of hydrogen-bond acceptors (Lipinski definition) is 2. The highest BCUT2D eigenvalue weighted by atomic mass is 16.2. The molecule has 0 spiro atoms. The van der Waals surface area contributed by atoms with Crippen LogP contribution in [0.3, 0.4) is 0 Å². The summed E-state index contributed by atoms with van der Waals surface area (Å²) in [5.74, 6) is 0.333. The molecule has 3 heteroatoms. The third-order valence-corrected chi connectivity index (χ3v) is 4.15. The molecule has 1 aromatic carbocycles. The lowest BCUT2D eigenvalue weighted by molar-refractivity contribution is -0.137. The zero-order valence-electron chi connectivity index (χ0n) is 12.6. The maximum Gasteiger partial charge on any atom is 0.227 e. The molecule has 1 fully saturated rings. The fourth-order valence-electron chi connectivity index (χ4n) is 3.07. The highest BCUT2D eigenvalue weighted by Crippen LogP contribution is 2.31. The lowest BCUT2D eigenvalue weighted by Gasteiger charge is -2.32. The van der Waals surface area contributed by atoms with E-state index in [0.29, 0.717) is 0 Å². The van der Waals surface area contributed by atoms with Gasteiger partial charge in [0.2, 0.25) is 5.91 Å². The van der Waals surface area contributed by atoms with Gasteiger partial charge in [0, 0.05) is 19.0 Å². The van der Waals surface area contributed by atoms with Crippen LogP contribution in [-0.4, -0.2) is 30.9 Å². The molecule has 0 aromatic heterocycles. The number of carbonyl (C=O) groups excluding carboxylic acids is 1. The summed E-state index contributed by atoms with van der Waals surface area (Å²) in [7, 11) is 1.90. The van der Waals surface area contributed by atoms with Crippen LogP contribution in [0.25, 0.3) is 0 Å². The van der Waals surface area contributed by atoms with Gasteiger partial charge in [0.1, 0.15) is 0 Å². The Labute approximate surface area is 122 Å². The van der Waals surface area contributed by atoms with E-state index in [1.165, 1.54) is 18.4 Å². The lowest BCUT2D eigenvalue weighted by atomic mass is 9.99. The Balaban J connectivity index is 2.19. The van der Waals surface area contributed by atoms with Gasteiger partial charge >= 0.3 is 0 Å². The highest BCUT2D eigenvalue weighted by molar-refractivity contribution is 5.79. The summed E-state index contributed by atoms with van der Waals surface area (Å²) in [5.41, 5.74) is 1.28. The molecule has 1 N–H and O–H groups in total. The molecule has 110 valence electrons. The summed E-state index contributed by atoms with van der Waals surface area (Å²) in [4.78, 5) is 14.8. The molecule has 1 aromatic rings. The second kappa shape index (κ2) is 7.44. The van der Waals surface area contributed by atoms with E-state index in [0.717, 1.165) is 25.9 Å². The first-order valence-corrected chi connectivity index (χ1v) is 7.74. The quantitative estimate of drug-likeness (QED) is 0.915. The molecule has 0 bridgehead atoms. The minimum absolute atomic E-state index is 0.0457. The molecule has 2 unspecified atom stereocenters. The van der Waals surface area contributed by atoms with E-state index in [2.05, 4.69) is 34.5 Å². The van der Waals surface area contributed by atoms with Gasteiger partial charge in [-0.3, -0.25) is 4.79 Å². The van der Waals surface area contributed by atoms with Crippen LogP contribution in [0.1, 0.15) is 44.2 Å². The Morgan fingerprint density at radius 3 is 2.75 bits per heavy atom. The normalized spacial score (nSPS) is 21.3. The van der Waals surface area contributed by atoms with E-state index in [-0.39, 0.29) is 17.9 Å². The average molecular weight is 274 g/mol. The molecule has 2 atom stereocenters. The largest absolute Gasteiger partial charge is 0.335 e. The molecule has 2 rings (SSSR count). The van der Waals surface area contributed by atoms with Gasteiger partial charge in [-0.05, 0) is 25.5 Å². The van der Waals surface area contributed by atoms with Crippen molar-refractivity contribution < 1.29 is 4.79 Å². The number of carbonyl (C=O) groups is 1. The van der Waals surface area contributed by atoms with Crippen LogP contribution in [0.15, 0.2) is 30.3 Å². The molecule has 1 aliphatic heterocycles. The van der Waals surface area contributed by atoms with Crippen LogP contribution in [0.2, 0.25) is 0 Å². The van der Waals surface area contributed by atoms with Gasteiger partial charge < -0.3 is 10.2 Å². The summed E-state index contributed by atoms with van der Waals surface area (Å²) in [6.45, 7) is 3.66. The lowest BCUT2D eigenvalue weighted by Crippen LogP contribution is -2.40. The summed E-state index contributed by atoms with van der Waals surface area (Å²) < 4.78 is 0. The van der Waals surface area contributed by atoms with Crippen LogP contribution < -0.4 is 5.32 Å². The van der Waals surface area contributed by atoms with E-state index >= 15 is 0 Å². The summed E-state index contributed by atoms with van der Waals surface area (Å²) in [6.07, 6.45) is 4.65. The second-order valence-electron chi connectivity index (χ2n) is 5.77. The van der Waals surface area contributed by atoms with Crippen molar-refractivity contribution >= 4 is 5.91 Å². The molecular weight excluding hydrogens is 248 g/mol. The molecule has 3 nitrogen and oxygen atoms in total. The number of benzene rings is 1. The maximum absolute atomic E-state index is 12.7. The van der Waals surface area contributed by atoms with E-state index in [9.17, 15) is 4.79 Å². The number of amides is 1. The van der Waals surface area contributed by atoms with Crippen LogP contribution in [0.4, 0.5) is 0 Å². The van der Waals surface area contributed by atoms with Gasteiger partial charge in [0.25, 0.3) is 0 Å². The molecule has 1 amide bonds. The Morgan fingerprint density at radius 2 is 2.05 bits per heavy atom. The minimum Gasteiger partial charge on any atom is -0.335 e. The molecule has 1 saturated heterocycles. The Kier molecular flexibility index (Phi) is 5.60. The highest BCUT2D eigenvalue weighted by Gasteiger charge is 2.29. The van der Waals surface area contributed by atoms with Gasteiger partial charge in [0.05, 0.1) is 6.04 Å². The molecule has 0 saturated carbocycles. The van der Waals surface area contributed by atoms with Crippen molar-refractivity contribution in [3.63, 3.8) is 0 Å². The van der Waals surface area contributed by atoms with Crippen molar-refractivity contribution in [1.82, 2.24) is 10.2 Å². The number of likely N-dealkylation sites (tertiary alicyclic amines) is 1. The molecule has 0 radical (unpaired) electrons. The molecule has 0 aliphatic carbocycles. The Morgan fingerprint density at radius 1 is 1.30 bits per heavy atom. The topological polar surface area (TPSA) is 32.3 Å². The second-order valence-corrected chi connectivity index (χ2v) is 5.77. The summed E-state index contributed by atoms with van der Waals surface area (Å²) in [6, 6.07) is 10.7. The third-order valence-electron chi connectivity index (χ3n) is 4.15. The average Bonchev–Trinajstić information content (AvgIpc) is 2.73. The van der Waals surface area contributed by atoms with E-state index < -0.39 is 0 Å². The minimum atomic E-state index is 0.0457. The van der Waals surface area contributed by atoms with Crippen LogP contribution in [-0.2, 0) is 4.79 Å². The first kappa shape index (κ1) is 15.0. The molecule has 1 aliphatic rings. The van der Waals surface area contributed by atoms with E-state index in [4.69, 9.17) is 0 Å². The number of nitrogens with one attached hydrogen (secondary N) is 1. The smallest absolute Gasteiger partial charge is 0.227 e. The number of nitrogens with zero attached hydrogens (tertiary/aromatic N) is 1. The van der Waals surface area contributed by atoms with Crippen LogP contribution >= 0.6 is 0 Å². The zero-order valence-corrected chi connectivity index (χ0v) is 12.6. The maximum atomic E-state index is 12.7. The van der Waals surface area contributed by atoms with Crippen molar-refractivity contribution in [3.8, 4) is 0 Å². The predicted molar refractivity (Wildman–Crippen MR) is 82.5 cm³/mol. The van der Waals surface area contributed by atoms with Gasteiger partial charge in [0.15, 0.2) is 0 Å². The van der Waals surface area contributed by atoms with Crippen molar-refractivity contribution in [1.29, 1.82) is 0 Å². The van der Waals surface area contributed by atoms with Crippen molar-refractivity contribution in [2.45, 2.75) is 38.6 Å². The standard InChI is InChI=1S/C17H26N2O/c1-14(13-18-2)17(20)19-12-8-4-7-11-16(19)15-9-5-3-6-10-15/h3,5-6,9-10,14,16,18H,4,7-8,11-13H2,1-2H3. The van der Waals surface area contributed by atoms with E-state index in [1.807, 2.05) is 20.0 Å². The van der Waals surface area contributed by atoms with Crippen molar-refractivity contribution in [3.05, 3.63) is 35.9 Å². The number of hydrogen-bond donors (Lipinski definition) is 1. The Bertz CT molecular complexity index is 418. The van der Waals surface area contributed by atoms with Gasteiger partial charge in [-0.1, -0.05) is 50.1 Å². The Hall–Kier alpha value is -1.35. The van der Waals surface area contributed by atoms with Crippen molar-refractivity contribution in [2.75, 3.05) is 20.1 Å². The van der Waals surface area contributed by atoms with Crippen molar-refractivity contribution in [2.24, 2.45) is 5.92 Å². The fraction of sp³-hybridized carbons (Fsp3) is 0.588. The van der Waals surface area contributed by atoms with E-state index in [1.54, 1.807) is 0 Å². The van der Waals surface area contributed by atoms with Crippen LogP contribution in [0.5, 0.6) is 0 Å². The predicted octanol–water partition coefficient (Wildman–Crippen LogP) is 2.99. The van der Waals surface area contributed by atoms with Crippen LogP contribution in [0, 0.1) is 5.92 Å². The van der Waals surface area contributed by atoms with Gasteiger partial charge in [-0.2, -0.15) is 0 Å². The fourth-order valence-corrected chi connectivity index (χ4v) is 3.07. The van der Waals surface area contributed by atoms with Gasteiger partial charge in [-0.25, -0.2) is 0 Å². The first-order valence-electron chi connectivity index (χ1n) is 7.74. The molecular formula is C17H26N2O. The molecule has 20 heavy (non-hydrogen) atoms. The monoisotopic (exact) mass is 274 g/mol.